The van der Waals surface area contributed by atoms with Crippen LogP contribution in [0, 0.1) is 19.3 Å². The molecule has 5 rings (SSSR count). The molecule has 0 amide bonds. The third kappa shape index (κ3) is 3.27. The number of aromatic hydroxyl groups is 1. The number of phenols is 1. The van der Waals surface area contributed by atoms with Crippen LogP contribution in [0.25, 0.3) is 10.8 Å². The lowest BCUT2D eigenvalue weighted by Gasteiger charge is -2.34. The molecule has 0 saturated heterocycles. The topological polar surface area (TPSA) is 61.4 Å². The Hall–Kier alpha value is -3.27. The minimum Gasteiger partial charge on any atom is -0.508 e. The van der Waals surface area contributed by atoms with Crippen molar-refractivity contribution in [3.63, 3.8) is 0 Å². The van der Waals surface area contributed by atoms with Crippen molar-refractivity contribution >= 4 is 27.9 Å². The number of carbonyl (C=O) groups excluding carboxylic acids is 1. The number of phenolic OH excluding ortho intramolecular Hbond substituents is 1. The average Bonchev–Trinajstić information content (AvgIpc) is 2.83. The maximum atomic E-state index is 13.5. The van der Waals surface area contributed by atoms with Gasteiger partial charge in [0.25, 0.3) is 0 Å². The predicted molar refractivity (Wildman–Crippen MR) is 127 cm³/mol. The lowest BCUT2D eigenvalue weighted by Crippen LogP contribution is -2.31. The van der Waals surface area contributed by atoms with E-state index in [-0.39, 0.29) is 16.9 Å². The van der Waals surface area contributed by atoms with E-state index in [1.807, 2.05) is 30.3 Å². The Balaban J connectivity index is 1.80. The molecule has 1 atom stereocenters. The third-order valence-corrected chi connectivity index (χ3v) is 6.66. The smallest absolute Gasteiger partial charge is 0.163 e. The van der Waals surface area contributed by atoms with E-state index in [0.29, 0.717) is 6.42 Å². The molecular formula is C27H28N2O2. The van der Waals surface area contributed by atoms with E-state index in [9.17, 15) is 9.90 Å². The lowest BCUT2D eigenvalue weighted by molar-refractivity contribution is -0.118. The number of allylic oxidation sites excluding steroid dienone is 1. The number of Topliss-reactive ketones (excluding diaryl/α,β-unsaturated/α-hetero) is 1. The van der Waals surface area contributed by atoms with Crippen LogP contribution in [-0.2, 0) is 4.79 Å². The summed E-state index contributed by atoms with van der Waals surface area (Å²) in [4.78, 5) is 13.5. The molecule has 31 heavy (non-hydrogen) atoms. The van der Waals surface area contributed by atoms with Crippen molar-refractivity contribution in [1.82, 2.24) is 0 Å². The van der Waals surface area contributed by atoms with E-state index >= 15 is 0 Å². The largest absolute Gasteiger partial charge is 0.508 e. The fourth-order valence-corrected chi connectivity index (χ4v) is 5.01. The molecule has 1 unspecified atom stereocenters. The van der Waals surface area contributed by atoms with Gasteiger partial charge in [0.05, 0.1) is 17.4 Å². The van der Waals surface area contributed by atoms with Crippen LogP contribution in [0.3, 0.4) is 0 Å². The molecule has 1 aliphatic carbocycles. The SMILES string of the molecule is Cc1cc2c(cc1C)NC(c1c(O)ccc3ccccc13)C1=C(CC(C)(C)CC1=O)N2. The van der Waals surface area contributed by atoms with Gasteiger partial charge in [0.15, 0.2) is 5.78 Å². The fourth-order valence-electron chi connectivity index (χ4n) is 5.01. The molecule has 4 heteroatoms. The first-order valence-electron chi connectivity index (χ1n) is 10.9. The molecule has 2 aliphatic rings. The fraction of sp³-hybridized carbons (Fsp3) is 0.296. The molecule has 4 nitrogen and oxygen atoms in total. The van der Waals surface area contributed by atoms with Crippen LogP contribution in [0.1, 0.15) is 49.4 Å². The molecule has 0 fully saturated rings. The van der Waals surface area contributed by atoms with Crippen LogP contribution in [0.5, 0.6) is 5.75 Å². The minimum atomic E-state index is -0.430. The number of hydrogen-bond donors (Lipinski definition) is 3. The molecule has 0 aromatic heterocycles. The van der Waals surface area contributed by atoms with Gasteiger partial charge in [0, 0.05) is 23.3 Å². The third-order valence-electron chi connectivity index (χ3n) is 6.66. The zero-order valence-electron chi connectivity index (χ0n) is 18.5. The second-order valence-corrected chi connectivity index (χ2v) is 9.74. The highest BCUT2D eigenvalue weighted by Gasteiger charge is 2.40. The molecule has 0 radical (unpaired) electrons. The van der Waals surface area contributed by atoms with Gasteiger partial charge in [-0.25, -0.2) is 0 Å². The maximum absolute atomic E-state index is 13.5. The number of nitrogens with one attached hydrogen (secondary N) is 2. The summed E-state index contributed by atoms with van der Waals surface area (Å²) in [6.07, 6.45) is 1.27. The molecule has 158 valence electrons. The van der Waals surface area contributed by atoms with Gasteiger partial charge in [0.2, 0.25) is 0 Å². The van der Waals surface area contributed by atoms with E-state index in [1.165, 1.54) is 11.1 Å². The van der Waals surface area contributed by atoms with Crippen molar-refractivity contribution in [2.45, 2.75) is 46.6 Å². The Morgan fingerprint density at radius 1 is 0.968 bits per heavy atom. The molecule has 1 aliphatic heterocycles. The van der Waals surface area contributed by atoms with Crippen LogP contribution in [-0.4, -0.2) is 10.9 Å². The first-order chi connectivity index (χ1) is 14.7. The Bertz CT molecular complexity index is 1270. The number of ketones is 1. The summed E-state index contributed by atoms with van der Waals surface area (Å²) in [6, 6.07) is 15.5. The van der Waals surface area contributed by atoms with Crippen molar-refractivity contribution in [3.8, 4) is 5.75 Å². The molecule has 3 N–H and O–H groups in total. The number of carbonyl (C=O) groups is 1. The predicted octanol–water partition coefficient (Wildman–Crippen LogP) is 6.38. The summed E-state index contributed by atoms with van der Waals surface area (Å²) in [5, 5.41) is 20.2. The van der Waals surface area contributed by atoms with E-state index < -0.39 is 6.04 Å². The number of benzene rings is 3. The Morgan fingerprint density at radius 3 is 2.45 bits per heavy atom. The van der Waals surface area contributed by atoms with Crippen LogP contribution < -0.4 is 10.6 Å². The van der Waals surface area contributed by atoms with E-state index in [2.05, 4.69) is 50.5 Å². The van der Waals surface area contributed by atoms with E-state index in [4.69, 9.17) is 0 Å². The Kier molecular flexibility index (Phi) is 4.37. The standard InChI is InChI=1S/C27H28N2O2/c1-15-11-19-20(12-16(15)2)29-26(25-21(28-19)13-27(3,4)14-23(25)31)24-18-8-6-5-7-17(18)9-10-22(24)30/h5-12,26,28-30H,13-14H2,1-4H3. The van der Waals surface area contributed by atoms with E-state index in [0.717, 1.165) is 45.4 Å². The van der Waals surface area contributed by atoms with Gasteiger partial charge in [-0.15, -0.1) is 0 Å². The van der Waals surface area contributed by atoms with Crippen LogP contribution >= 0.6 is 0 Å². The second kappa shape index (κ2) is 6.88. The molecular weight excluding hydrogens is 384 g/mol. The van der Waals surface area contributed by atoms with Gasteiger partial charge in [0.1, 0.15) is 5.75 Å². The normalized spacial score (nSPS) is 19.9. The van der Waals surface area contributed by atoms with Crippen molar-refractivity contribution in [2.75, 3.05) is 10.6 Å². The zero-order valence-corrected chi connectivity index (χ0v) is 18.5. The quantitative estimate of drug-likeness (QED) is 0.434. The van der Waals surface area contributed by atoms with Gasteiger partial charge < -0.3 is 15.7 Å². The first-order valence-corrected chi connectivity index (χ1v) is 10.9. The van der Waals surface area contributed by atoms with Crippen molar-refractivity contribution in [2.24, 2.45) is 5.41 Å². The number of hydrogen-bond acceptors (Lipinski definition) is 4. The molecule has 3 aromatic rings. The van der Waals surface area contributed by atoms with Crippen molar-refractivity contribution in [3.05, 3.63) is 76.5 Å². The van der Waals surface area contributed by atoms with Crippen molar-refractivity contribution in [1.29, 1.82) is 0 Å². The average molecular weight is 413 g/mol. The van der Waals surface area contributed by atoms with Gasteiger partial charge in [-0.1, -0.05) is 44.2 Å². The minimum absolute atomic E-state index is 0.113. The summed E-state index contributed by atoms with van der Waals surface area (Å²) in [5.74, 6) is 0.331. The Labute approximate surface area is 183 Å². The van der Waals surface area contributed by atoms with Crippen LogP contribution in [0.2, 0.25) is 0 Å². The van der Waals surface area contributed by atoms with Gasteiger partial charge in [-0.2, -0.15) is 0 Å². The summed E-state index contributed by atoms with van der Waals surface area (Å²) in [5.41, 5.74) is 6.63. The highest BCUT2D eigenvalue weighted by atomic mass is 16.3. The molecule has 3 aromatic carbocycles. The zero-order chi connectivity index (χ0) is 21.9. The molecule has 0 spiro atoms. The number of fused-ring (bicyclic) bond motifs is 2. The molecule has 1 heterocycles. The van der Waals surface area contributed by atoms with Crippen LogP contribution in [0.15, 0.2) is 59.8 Å². The molecule has 0 saturated carbocycles. The first kappa shape index (κ1) is 19.7. The second-order valence-electron chi connectivity index (χ2n) is 9.74. The number of aryl methyl sites for hydroxylation is 2. The number of anilines is 2. The van der Waals surface area contributed by atoms with Gasteiger partial charge >= 0.3 is 0 Å². The maximum Gasteiger partial charge on any atom is 0.163 e. The number of rotatable bonds is 1. The Morgan fingerprint density at radius 2 is 1.68 bits per heavy atom. The summed E-state index contributed by atoms with van der Waals surface area (Å²) in [6.45, 7) is 8.47. The summed E-state index contributed by atoms with van der Waals surface area (Å²) >= 11 is 0. The van der Waals surface area contributed by atoms with Crippen molar-refractivity contribution < 1.29 is 9.90 Å². The van der Waals surface area contributed by atoms with Crippen LogP contribution in [0.4, 0.5) is 11.4 Å². The van der Waals surface area contributed by atoms with Gasteiger partial charge in [-0.3, -0.25) is 4.79 Å². The molecule has 0 bridgehead atoms. The summed E-state index contributed by atoms with van der Waals surface area (Å²) in [7, 11) is 0. The summed E-state index contributed by atoms with van der Waals surface area (Å²) < 4.78 is 0. The van der Waals surface area contributed by atoms with Gasteiger partial charge in [-0.05, 0) is 65.8 Å². The van der Waals surface area contributed by atoms with E-state index in [1.54, 1.807) is 6.07 Å². The highest BCUT2D eigenvalue weighted by Crippen LogP contribution is 2.48. The monoisotopic (exact) mass is 412 g/mol. The lowest BCUT2D eigenvalue weighted by atomic mass is 9.73. The highest BCUT2D eigenvalue weighted by molar-refractivity contribution is 6.02.